The van der Waals surface area contributed by atoms with Crippen molar-refractivity contribution >= 4 is 21.9 Å². The van der Waals surface area contributed by atoms with Gasteiger partial charge in [-0.25, -0.2) is 0 Å². The van der Waals surface area contributed by atoms with Crippen LogP contribution in [0.3, 0.4) is 0 Å². The summed E-state index contributed by atoms with van der Waals surface area (Å²) >= 11 is 3.49. The minimum atomic E-state index is 0.482. The van der Waals surface area contributed by atoms with Gasteiger partial charge in [-0.05, 0) is 24.6 Å². The summed E-state index contributed by atoms with van der Waals surface area (Å²) in [6, 6.07) is 8.75. The highest BCUT2D eigenvalue weighted by atomic mass is 79.9. The molecule has 1 aliphatic heterocycles. The Labute approximate surface area is 126 Å². The largest absolute Gasteiger partial charge is 0.337 e. The number of aromatic amines is 1. The highest BCUT2D eigenvalue weighted by Crippen LogP contribution is 2.15. The molecule has 0 spiro atoms. The minimum absolute atomic E-state index is 0.482. The van der Waals surface area contributed by atoms with E-state index in [1.54, 1.807) is 0 Å². The van der Waals surface area contributed by atoms with Crippen LogP contribution in [0.15, 0.2) is 28.7 Å². The van der Waals surface area contributed by atoms with E-state index in [1.807, 2.05) is 12.1 Å². The van der Waals surface area contributed by atoms with Crippen molar-refractivity contribution in [1.29, 1.82) is 0 Å². The van der Waals surface area contributed by atoms with Crippen LogP contribution in [0, 0.1) is 0 Å². The zero-order chi connectivity index (χ0) is 13.9. The average Bonchev–Trinajstić information content (AvgIpc) is 2.87. The van der Waals surface area contributed by atoms with Crippen molar-refractivity contribution < 1.29 is 0 Å². The Hall–Kier alpha value is -1.40. The first kappa shape index (κ1) is 13.6. The molecule has 0 amide bonds. The highest BCUT2D eigenvalue weighted by molar-refractivity contribution is 9.10. The van der Waals surface area contributed by atoms with E-state index in [-0.39, 0.29) is 0 Å². The van der Waals surface area contributed by atoms with E-state index in [0.29, 0.717) is 6.04 Å². The number of halogens is 1. The quantitative estimate of drug-likeness (QED) is 0.900. The van der Waals surface area contributed by atoms with Gasteiger partial charge in [0.15, 0.2) is 0 Å². The second-order valence-electron chi connectivity index (χ2n) is 5.19. The van der Waals surface area contributed by atoms with E-state index < -0.39 is 0 Å². The Morgan fingerprint density at radius 2 is 2.35 bits per heavy atom. The lowest BCUT2D eigenvalue weighted by Crippen LogP contribution is -2.49. The second kappa shape index (κ2) is 5.93. The predicted octanol–water partition coefficient (Wildman–Crippen LogP) is 1.96. The van der Waals surface area contributed by atoms with Crippen molar-refractivity contribution in [3.05, 3.63) is 40.1 Å². The summed E-state index contributed by atoms with van der Waals surface area (Å²) < 4.78 is 1.09. The van der Waals surface area contributed by atoms with Gasteiger partial charge in [0.1, 0.15) is 5.82 Å². The standard InChI is InChI=1S/C14H18BrN5/c1-10-9-20(6-5-16-10)14-17-13(18-19-14)8-11-3-2-4-12(15)7-11/h2-4,7,10,16H,5-6,8-9H2,1H3,(H,17,18,19). The number of piperazine rings is 1. The fourth-order valence-corrected chi connectivity index (χ4v) is 2.91. The van der Waals surface area contributed by atoms with Crippen LogP contribution < -0.4 is 10.2 Å². The van der Waals surface area contributed by atoms with Gasteiger partial charge in [-0.3, -0.25) is 5.10 Å². The minimum Gasteiger partial charge on any atom is -0.337 e. The number of hydrogen-bond donors (Lipinski definition) is 2. The molecular weight excluding hydrogens is 318 g/mol. The Bertz CT molecular complexity index is 582. The first-order valence-corrected chi connectivity index (χ1v) is 7.64. The summed E-state index contributed by atoms with van der Waals surface area (Å²) in [6.07, 6.45) is 0.772. The Morgan fingerprint density at radius 1 is 1.45 bits per heavy atom. The molecular formula is C14H18BrN5. The van der Waals surface area contributed by atoms with Gasteiger partial charge in [-0.15, -0.1) is 5.10 Å². The van der Waals surface area contributed by atoms with Crippen molar-refractivity contribution in [2.45, 2.75) is 19.4 Å². The van der Waals surface area contributed by atoms with Crippen molar-refractivity contribution in [2.24, 2.45) is 0 Å². The monoisotopic (exact) mass is 335 g/mol. The third kappa shape index (κ3) is 3.19. The molecule has 1 aromatic carbocycles. The Kier molecular flexibility index (Phi) is 4.03. The maximum absolute atomic E-state index is 4.61. The topological polar surface area (TPSA) is 56.8 Å². The molecule has 1 aromatic heterocycles. The third-order valence-electron chi connectivity index (χ3n) is 3.43. The van der Waals surface area contributed by atoms with E-state index in [1.165, 1.54) is 5.56 Å². The van der Waals surface area contributed by atoms with E-state index in [9.17, 15) is 0 Å². The van der Waals surface area contributed by atoms with Gasteiger partial charge in [0.25, 0.3) is 0 Å². The molecule has 0 saturated carbocycles. The lowest BCUT2D eigenvalue weighted by Gasteiger charge is -2.30. The molecule has 2 N–H and O–H groups in total. The van der Waals surface area contributed by atoms with E-state index in [4.69, 9.17) is 0 Å². The van der Waals surface area contributed by atoms with Crippen LogP contribution >= 0.6 is 15.9 Å². The number of nitrogens with one attached hydrogen (secondary N) is 2. The zero-order valence-corrected chi connectivity index (χ0v) is 13.0. The fraction of sp³-hybridized carbons (Fsp3) is 0.429. The molecule has 106 valence electrons. The molecule has 1 aliphatic rings. The average molecular weight is 336 g/mol. The number of rotatable bonds is 3. The highest BCUT2D eigenvalue weighted by Gasteiger charge is 2.19. The SMILES string of the molecule is CC1CN(c2n[nH]c(Cc3cccc(Br)c3)n2)CCN1. The number of aromatic nitrogens is 3. The number of anilines is 1. The number of hydrogen-bond acceptors (Lipinski definition) is 4. The number of nitrogens with zero attached hydrogens (tertiary/aromatic N) is 3. The summed E-state index contributed by atoms with van der Waals surface area (Å²) in [4.78, 5) is 6.83. The number of H-pyrrole nitrogens is 1. The normalized spacial score (nSPS) is 19.3. The molecule has 2 aromatic rings. The first-order valence-electron chi connectivity index (χ1n) is 6.85. The fourth-order valence-electron chi connectivity index (χ4n) is 2.46. The lowest BCUT2D eigenvalue weighted by molar-refractivity contribution is 0.480. The van der Waals surface area contributed by atoms with Crippen molar-refractivity contribution in [2.75, 3.05) is 24.5 Å². The summed E-state index contributed by atoms with van der Waals surface area (Å²) in [6.45, 7) is 5.07. The Balaban J connectivity index is 1.70. The van der Waals surface area contributed by atoms with Crippen LogP contribution in [-0.2, 0) is 6.42 Å². The van der Waals surface area contributed by atoms with Crippen LogP contribution in [0.4, 0.5) is 5.95 Å². The molecule has 1 fully saturated rings. The molecule has 0 radical (unpaired) electrons. The number of benzene rings is 1. The van der Waals surface area contributed by atoms with E-state index >= 15 is 0 Å². The Morgan fingerprint density at radius 3 is 3.15 bits per heavy atom. The molecule has 0 bridgehead atoms. The second-order valence-corrected chi connectivity index (χ2v) is 6.11. The molecule has 2 heterocycles. The van der Waals surface area contributed by atoms with Gasteiger partial charge < -0.3 is 10.2 Å². The van der Waals surface area contributed by atoms with Crippen molar-refractivity contribution in [3.63, 3.8) is 0 Å². The van der Waals surface area contributed by atoms with Gasteiger partial charge in [-0.1, -0.05) is 28.1 Å². The van der Waals surface area contributed by atoms with Crippen LogP contribution in [-0.4, -0.2) is 40.9 Å². The molecule has 1 saturated heterocycles. The van der Waals surface area contributed by atoms with Crippen LogP contribution in [0.5, 0.6) is 0 Å². The van der Waals surface area contributed by atoms with Crippen LogP contribution in [0.25, 0.3) is 0 Å². The smallest absolute Gasteiger partial charge is 0.244 e. The molecule has 20 heavy (non-hydrogen) atoms. The molecule has 1 unspecified atom stereocenters. The van der Waals surface area contributed by atoms with Gasteiger partial charge in [-0.2, -0.15) is 4.98 Å². The third-order valence-corrected chi connectivity index (χ3v) is 3.93. The first-order chi connectivity index (χ1) is 9.70. The van der Waals surface area contributed by atoms with Gasteiger partial charge in [0, 0.05) is 36.6 Å². The predicted molar refractivity (Wildman–Crippen MR) is 83.0 cm³/mol. The van der Waals surface area contributed by atoms with Crippen molar-refractivity contribution in [1.82, 2.24) is 20.5 Å². The molecule has 5 nitrogen and oxygen atoms in total. The maximum atomic E-state index is 4.61. The molecule has 0 aliphatic carbocycles. The molecule has 6 heteroatoms. The summed E-state index contributed by atoms with van der Waals surface area (Å²) in [5.41, 5.74) is 1.22. The van der Waals surface area contributed by atoms with Crippen LogP contribution in [0.1, 0.15) is 18.3 Å². The van der Waals surface area contributed by atoms with Crippen molar-refractivity contribution in [3.8, 4) is 0 Å². The van der Waals surface area contributed by atoms with Crippen LogP contribution in [0.2, 0.25) is 0 Å². The van der Waals surface area contributed by atoms with Gasteiger partial charge in [0.05, 0.1) is 0 Å². The lowest BCUT2D eigenvalue weighted by atomic mass is 10.1. The molecule has 1 atom stereocenters. The summed E-state index contributed by atoms with van der Waals surface area (Å²) in [5, 5.41) is 10.8. The zero-order valence-electron chi connectivity index (χ0n) is 11.4. The summed E-state index contributed by atoms with van der Waals surface area (Å²) in [7, 11) is 0. The van der Waals surface area contributed by atoms with E-state index in [2.05, 4.69) is 60.4 Å². The summed E-state index contributed by atoms with van der Waals surface area (Å²) in [5.74, 6) is 1.72. The maximum Gasteiger partial charge on any atom is 0.244 e. The molecule has 3 rings (SSSR count). The van der Waals surface area contributed by atoms with E-state index in [0.717, 1.165) is 42.3 Å². The van der Waals surface area contributed by atoms with Gasteiger partial charge >= 0.3 is 0 Å². The van der Waals surface area contributed by atoms with Gasteiger partial charge in [0.2, 0.25) is 5.95 Å².